The standard InChI is InChI=1S/C31H40N6O3/c1-21-10-12-25(13-11-21)37-28(19-27(35-37)31(3,4)5)34-30(40)33-26-9-7-6-8-24(26)18-23-14-16-36(17-15-23)29(39)20-32-22(2)38/h6-13,19,23H,14-18,20H2,1-5H3,(H,32,38)(H2,33,34,40). The van der Waals surface area contributed by atoms with Gasteiger partial charge in [0.15, 0.2) is 0 Å². The maximum Gasteiger partial charge on any atom is 0.324 e. The summed E-state index contributed by atoms with van der Waals surface area (Å²) >= 11 is 0. The molecule has 1 aromatic heterocycles. The van der Waals surface area contributed by atoms with Gasteiger partial charge in [0.25, 0.3) is 0 Å². The van der Waals surface area contributed by atoms with Crippen molar-refractivity contribution in [2.45, 2.75) is 59.3 Å². The number of urea groups is 1. The van der Waals surface area contributed by atoms with Gasteiger partial charge in [-0.25, -0.2) is 9.48 Å². The number of benzene rings is 2. The van der Waals surface area contributed by atoms with Gasteiger partial charge in [-0.2, -0.15) is 5.10 Å². The number of piperidine rings is 1. The average Bonchev–Trinajstić information content (AvgIpc) is 3.33. The zero-order valence-electron chi connectivity index (χ0n) is 24.1. The summed E-state index contributed by atoms with van der Waals surface area (Å²) in [5, 5.41) is 13.4. The van der Waals surface area contributed by atoms with Crippen LogP contribution >= 0.6 is 0 Å². The van der Waals surface area contributed by atoms with E-state index in [-0.39, 0.29) is 29.8 Å². The van der Waals surface area contributed by atoms with Crippen molar-refractivity contribution < 1.29 is 14.4 Å². The van der Waals surface area contributed by atoms with E-state index in [0.717, 1.165) is 47.5 Å². The Bertz CT molecular complexity index is 1350. The summed E-state index contributed by atoms with van der Waals surface area (Å²) in [6.45, 7) is 11.1. The highest BCUT2D eigenvalue weighted by molar-refractivity contribution is 6.00. The number of rotatable bonds is 7. The lowest BCUT2D eigenvalue weighted by atomic mass is 9.89. The smallest absolute Gasteiger partial charge is 0.324 e. The lowest BCUT2D eigenvalue weighted by Gasteiger charge is -2.32. The van der Waals surface area contributed by atoms with Gasteiger partial charge >= 0.3 is 6.03 Å². The molecule has 0 atom stereocenters. The molecule has 9 heteroatoms. The molecule has 1 aliphatic rings. The third kappa shape index (κ3) is 7.49. The Labute approximate surface area is 236 Å². The van der Waals surface area contributed by atoms with Crippen LogP contribution in [0.25, 0.3) is 5.69 Å². The summed E-state index contributed by atoms with van der Waals surface area (Å²) in [5.41, 5.74) is 4.55. The van der Waals surface area contributed by atoms with Crippen LogP contribution in [0.5, 0.6) is 0 Å². The predicted octanol–water partition coefficient (Wildman–Crippen LogP) is 5.04. The summed E-state index contributed by atoms with van der Waals surface area (Å²) < 4.78 is 1.77. The van der Waals surface area contributed by atoms with E-state index in [1.54, 1.807) is 4.68 Å². The van der Waals surface area contributed by atoms with Gasteiger partial charge in [-0.05, 0) is 55.9 Å². The SMILES string of the molecule is CC(=O)NCC(=O)N1CCC(Cc2ccccc2NC(=O)Nc2cc(C(C)(C)C)nn2-c2ccc(C)cc2)CC1. The Kier molecular flexibility index (Phi) is 8.92. The number of likely N-dealkylation sites (tertiary alicyclic amines) is 1. The number of aryl methyl sites for hydroxylation is 1. The first-order valence-corrected chi connectivity index (χ1v) is 13.9. The Balaban J connectivity index is 1.42. The van der Waals surface area contributed by atoms with E-state index in [9.17, 15) is 14.4 Å². The fraction of sp³-hybridized carbons (Fsp3) is 0.419. The Morgan fingerprint density at radius 2 is 1.65 bits per heavy atom. The monoisotopic (exact) mass is 544 g/mol. The van der Waals surface area contributed by atoms with Gasteiger partial charge in [-0.3, -0.25) is 14.9 Å². The molecule has 0 spiro atoms. The topological polar surface area (TPSA) is 108 Å². The third-order valence-corrected chi connectivity index (χ3v) is 7.23. The predicted molar refractivity (Wildman–Crippen MR) is 158 cm³/mol. The lowest BCUT2D eigenvalue weighted by molar-refractivity contribution is -0.133. The molecule has 212 valence electrons. The van der Waals surface area contributed by atoms with Crippen LogP contribution in [-0.2, 0) is 21.4 Å². The second-order valence-electron chi connectivity index (χ2n) is 11.6. The summed E-state index contributed by atoms with van der Waals surface area (Å²) in [6.07, 6.45) is 2.55. The van der Waals surface area contributed by atoms with Crippen molar-refractivity contribution in [3.8, 4) is 5.69 Å². The highest BCUT2D eigenvalue weighted by atomic mass is 16.2. The number of anilines is 2. The van der Waals surface area contributed by atoms with Gasteiger partial charge in [0.1, 0.15) is 5.82 Å². The van der Waals surface area contributed by atoms with E-state index in [0.29, 0.717) is 24.8 Å². The van der Waals surface area contributed by atoms with Crippen LogP contribution in [-0.4, -0.2) is 52.2 Å². The van der Waals surface area contributed by atoms with E-state index < -0.39 is 0 Å². The van der Waals surface area contributed by atoms with E-state index in [2.05, 4.69) is 36.7 Å². The normalized spacial score (nSPS) is 14.1. The maximum atomic E-state index is 13.2. The highest BCUT2D eigenvalue weighted by Crippen LogP contribution is 2.28. The number of hydrogen-bond donors (Lipinski definition) is 3. The number of nitrogens with zero attached hydrogens (tertiary/aromatic N) is 3. The molecule has 1 fully saturated rings. The summed E-state index contributed by atoms with van der Waals surface area (Å²) in [4.78, 5) is 38.5. The minimum Gasteiger partial charge on any atom is -0.347 e. The fourth-order valence-corrected chi connectivity index (χ4v) is 4.82. The Hall–Kier alpha value is -4.14. The molecule has 3 aromatic rings. The Morgan fingerprint density at radius 1 is 0.975 bits per heavy atom. The van der Waals surface area contributed by atoms with Crippen LogP contribution in [0.15, 0.2) is 54.6 Å². The number of carbonyl (C=O) groups is 3. The van der Waals surface area contributed by atoms with Gasteiger partial charge in [-0.15, -0.1) is 0 Å². The molecule has 0 aliphatic carbocycles. The van der Waals surface area contributed by atoms with Gasteiger partial charge in [0.05, 0.1) is 17.9 Å². The van der Waals surface area contributed by atoms with E-state index in [1.165, 1.54) is 6.92 Å². The first-order chi connectivity index (χ1) is 19.0. The third-order valence-electron chi connectivity index (χ3n) is 7.23. The maximum absolute atomic E-state index is 13.2. The largest absolute Gasteiger partial charge is 0.347 e. The van der Waals surface area contributed by atoms with Crippen molar-refractivity contribution in [2.75, 3.05) is 30.3 Å². The number of nitrogens with one attached hydrogen (secondary N) is 3. The highest BCUT2D eigenvalue weighted by Gasteiger charge is 2.24. The van der Waals surface area contributed by atoms with Gasteiger partial charge in [0.2, 0.25) is 11.8 Å². The second-order valence-corrected chi connectivity index (χ2v) is 11.6. The molecular weight excluding hydrogens is 504 g/mol. The van der Waals surface area contributed by atoms with Crippen LogP contribution in [0.2, 0.25) is 0 Å². The van der Waals surface area contributed by atoms with Crippen molar-refractivity contribution >= 4 is 29.4 Å². The Morgan fingerprint density at radius 3 is 2.30 bits per heavy atom. The van der Waals surface area contributed by atoms with Crippen LogP contribution in [0, 0.1) is 12.8 Å². The van der Waals surface area contributed by atoms with Crippen molar-refractivity contribution in [1.29, 1.82) is 0 Å². The zero-order valence-corrected chi connectivity index (χ0v) is 24.1. The van der Waals surface area contributed by atoms with E-state index in [4.69, 9.17) is 5.10 Å². The number of amides is 4. The lowest BCUT2D eigenvalue weighted by Crippen LogP contribution is -2.44. The summed E-state index contributed by atoms with van der Waals surface area (Å²) in [6, 6.07) is 17.5. The fourth-order valence-electron chi connectivity index (χ4n) is 4.82. The van der Waals surface area contributed by atoms with E-state index >= 15 is 0 Å². The van der Waals surface area contributed by atoms with Crippen LogP contribution < -0.4 is 16.0 Å². The molecule has 0 bridgehead atoms. The first kappa shape index (κ1) is 28.9. The van der Waals surface area contributed by atoms with Gasteiger partial charge < -0.3 is 15.5 Å². The summed E-state index contributed by atoms with van der Waals surface area (Å²) in [7, 11) is 0. The molecule has 4 amide bonds. The van der Waals surface area contributed by atoms with Gasteiger partial charge in [-0.1, -0.05) is 56.7 Å². The molecule has 4 rings (SSSR count). The quantitative estimate of drug-likeness (QED) is 0.387. The van der Waals surface area contributed by atoms with Crippen molar-refractivity contribution in [1.82, 2.24) is 20.0 Å². The molecule has 1 saturated heterocycles. The summed E-state index contributed by atoms with van der Waals surface area (Å²) in [5.74, 6) is 0.741. The van der Waals surface area contributed by atoms with Gasteiger partial charge in [0, 0.05) is 37.2 Å². The molecule has 0 radical (unpaired) electrons. The van der Waals surface area contributed by atoms with Crippen LogP contribution in [0.4, 0.5) is 16.3 Å². The molecule has 2 heterocycles. The number of hydrogen-bond acceptors (Lipinski definition) is 4. The minimum absolute atomic E-state index is 0.0436. The average molecular weight is 545 g/mol. The number of carbonyl (C=O) groups excluding carboxylic acids is 3. The number of aromatic nitrogens is 2. The molecule has 9 nitrogen and oxygen atoms in total. The minimum atomic E-state index is -0.334. The van der Waals surface area contributed by atoms with Crippen LogP contribution in [0.1, 0.15) is 57.4 Å². The zero-order chi connectivity index (χ0) is 28.9. The molecular formula is C31H40N6O3. The molecule has 0 saturated carbocycles. The molecule has 1 aliphatic heterocycles. The van der Waals surface area contributed by atoms with Crippen molar-refractivity contribution in [2.24, 2.45) is 5.92 Å². The van der Waals surface area contributed by atoms with E-state index in [1.807, 2.05) is 66.4 Å². The molecule has 40 heavy (non-hydrogen) atoms. The van der Waals surface area contributed by atoms with Crippen molar-refractivity contribution in [3.05, 3.63) is 71.4 Å². The van der Waals surface area contributed by atoms with Crippen LogP contribution in [0.3, 0.4) is 0 Å². The molecule has 2 aromatic carbocycles. The first-order valence-electron chi connectivity index (χ1n) is 13.9. The number of para-hydroxylation sites is 1. The molecule has 3 N–H and O–H groups in total. The van der Waals surface area contributed by atoms with Crippen molar-refractivity contribution in [3.63, 3.8) is 0 Å². The molecule has 0 unspecified atom stereocenters. The second kappa shape index (κ2) is 12.4.